The maximum absolute atomic E-state index is 4.37. The molecule has 1 atom stereocenters. The minimum atomic E-state index is -0.418. The fourth-order valence-electron chi connectivity index (χ4n) is 2.87. The van der Waals surface area contributed by atoms with Crippen molar-refractivity contribution in [2.45, 2.75) is 12.0 Å². The zero-order valence-electron chi connectivity index (χ0n) is 10.9. The van der Waals surface area contributed by atoms with Crippen molar-refractivity contribution < 1.29 is 0 Å². The highest BCUT2D eigenvalue weighted by molar-refractivity contribution is 6.06. The first-order chi connectivity index (χ1) is 9.87. The number of hydrogen-bond acceptors (Lipinski definition) is 3. The van der Waals surface area contributed by atoms with Crippen molar-refractivity contribution in [3.8, 4) is 0 Å². The lowest BCUT2D eigenvalue weighted by Crippen LogP contribution is -2.34. The molecule has 3 nitrogen and oxygen atoms in total. The van der Waals surface area contributed by atoms with Crippen LogP contribution in [0.2, 0.25) is 0 Å². The quantitative estimate of drug-likeness (QED) is 0.779. The first-order valence-electron chi connectivity index (χ1n) is 6.70. The first kappa shape index (κ1) is 11.3. The van der Waals surface area contributed by atoms with Gasteiger partial charge in [0.1, 0.15) is 5.54 Å². The van der Waals surface area contributed by atoms with Crippen LogP contribution in [0.5, 0.6) is 0 Å². The Bertz CT molecular complexity index is 793. The van der Waals surface area contributed by atoms with Gasteiger partial charge in [-0.05, 0) is 33.7 Å². The number of hydrogen-bond donors (Lipinski definition) is 0. The molecule has 2 aromatic carbocycles. The van der Waals surface area contributed by atoms with Gasteiger partial charge in [0.05, 0.1) is 5.71 Å². The van der Waals surface area contributed by atoms with Gasteiger partial charge in [-0.15, -0.1) is 5.10 Å². The Hall–Kier alpha value is -2.55. The normalized spacial score (nSPS) is 23.1. The van der Waals surface area contributed by atoms with E-state index >= 15 is 0 Å². The molecule has 1 heterocycles. The second-order valence-corrected chi connectivity index (χ2v) is 5.13. The molecule has 0 spiro atoms. The van der Waals surface area contributed by atoms with Gasteiger partial charge in [0.25, 0.3) is 0 Å². The van der Waals surface area contributed by atoms with Crippen molar-refractivity contribution in [1.82, 2.24) is 0 Å². The summed E-state index contributed by atoms with van der Waals surface area (Å²) in [6.07, 6.45) is 8.87. The average Bonchev–Trinajstić information content (AvgIpc) is 2.91. The molecular formula is C17H13N3. The predicted molar refractivity (Wildman–Crippen MR) is 81.0 cm³/mol. The van der Waals surface area contributed by atoms with Crippen LogP contribution in [0.15, 0.2) is 82.2 Å². The van der Waals surface area contributed by atoms with Crippen molar-refractivity contribution >= 4 is 16.5 Å². The first-order valence-corrected chi connectivity index (χ1v) is 6.70. The lowest BCUT2D eigenvalue weighted by Gasteiger charge is -2.23. The van der Waals surface area contributed by atoms with Crippen LogP contribution >= 0.6 is 0 Å². The second-order valence-electron chi connectivity index (χ2n) is 5.13. The molecule has 0 bridgehead atoms. The lowest BCUT2D eigenvalue weighted by atomic mass is 9.83. The Balaban J connectivity index is 1.82. The fourth-order valence-corrected chi connectivity index (χ4v) is 2.87. The summed E-state index contributed by atoms with van der Waals surface area (Å²) >= 11 is 0. The highest BCUT2D eigenvalue weighted by Crippen LogP contribution is 2.32. The third-order valence-corrected chi connectivity index (χ3v) is 3.90. The Labute approximate surface area is 117 Å². The van der Waals surface area contributed by atoms with E-state index in [1.165, 1.54) is 16.3 Å². The smallest absolute Gasteiger partial charge is 0.150 e. The molecule has 1 unspecified atom stereocenters. The van der Waals surface area contributed by atoms with Crippen molar-refractivity contribution in [3.63, 3.8) is 0 Å². The second kappa shape index (κ2) is 4.23. The molecule has 0 aromatic heterocycles. The highest BCUT2D eigenvalue weighted by Gasteiger charge is 2.37. The van der Waals surface area contributed by atoms with E-state index in [2.05, 4.69) is 64.0 Å². The van der Waals surface area contributed by atoms with Crippen molar-refractivity contribution in [1.29, 1.82) is 0 Å². The van der Waals surface area contributed by atoms with Gasteiger partial charge in [0.2, 0.25) is 0 Å². The topological polar surface area (TPSA) is 37.1 Å². The van der Waals surface area contributed by atoms with Crippen LogP contribution in [-0.4, -0.2) is 11.3 Å². The van der Waals surface area contributed by atoms with Gasteiger partial charge in [0, 0.05) is 6.42 Å². The number of fused-ring (bicyclic) bond motifs is 2. The standard InChI is InChI=1S/C17H13N3/c1-2-9-15-13(6-1)7-5-8-14(15)12-17-11-4-3-10-16(17)18-20-19-17/h1-11H,12H2. The monoisotopic (exact) mass is 259 g/mol. The van der Waals surface area contributed by atoms with E-state index in [-0.39, 0.29) is 0 Å². The molecule has 4 rings (SSSR count). The van der Waals surface area contributed by atoms with Crippen LogP contribution in [0.25, 0.3) is 10.8 Å². The van der Waals surface area contributed by atoms with Crippen molar-refractivity contribution in [2.75, 3.05) is 0 Å². The summed E-state index contributed by atoms with van der Waals surface area (Å²) in [6, 6.07) is 14.8. The molecule has 0 fully saturated rings. The van der Waals surface area contributed by atoms with Crippen LogP contribution in [0.1, 0.15) is 5.56 Å². The molecule has 96 valence electrons. The van der Waals surface area contributed by atoms with Crippen molar-refractivity contribution in [2.24, 2.45) is 15.4 Å². The molecule has 0 amide bonds. The maximum atomic E-state index is 4.37. The van der Waals surface area contributed by atoms with Crippen LogP contribution in [0.4, 0.5) is 0 Å². The third kappa shape index (κ3) is 1.63. The summed E-state index contributed by atoms with van der Waals surface area (Å²) in [5.74, 6) is 0. The van der Waals surface area contributed by atoms with E-state index in [1.54, 1.807) is 0 Å². The predicted octanol–water partition coefficient (Wildman–Crippen LogP) is 4.07. The van der Waals surface area contributed by atoms with E-state index in [0.29, 0.717) is 0 Å². The Morgan fingerprint density at radius 1 is 0.950 bits per heavy atom. The summed E-state index contributed by atoms with van der Waals surface area (Å²) in [6.45, 7) is 0. The Morgan fingerprint density at radius 3 is 2.85 bits per heavy atom. The largest absolute Gasteiger partial charge is 0.151 e. The van der Waals surface area contributed by atoms with E-state index in [1.807, 2.05) is 18.2 Å². The van der Waals surface area contributed by atoms with Crippen LogP contribution in [-0.2, 0) is 6.42 Å². The molecule has 0 saturated carbocycles. The molecule has 2 aliphatic rings. The average molecular weight is 259 g/mol. The van der Waals surface area contributed by atoms with Gasteiger partial charge in [-0.2, -0.15) is 5.11 Å². The molecule has 3 heteroatoms. The zero-order chi connectivity index (χ0) is 13.4. The minimum absolute atomic E-state index is 0.418. The lowest BCUT2D eigenvalue weighted by molar-refractivity contribution is 0.679. The summed E-state index contributed by atoms with van der Waals surface area (Å²) in [5.41, 5.74) is 1.78. The van der Waals surface area contributed by atoms with E-state index in [0.717, 1.165) is 12.1 Å². The van der Waals surface area contributed by atoms with E-state index in [9.17, 15) is 0 Å². The molecule has 1 aliphatic carbocycles. The number of nitrogens with zero attached hydrogens (tertiary/aromatic N) is 3. The van der Waals surface area contributed by atoms with Gasteiger partial charge in [-0.3, -0.25) is 0 Å². The molecule has 20 heavy (non-hydrogen) atoms. The van der Waals surface area contributed by atoms with Gasteiger partial charge >= 0.3 is 0 Å². The number of allylic oxidation sites excluding steroid dienone is 2. The van der Waals surface area contributed by atoms with Crippen LogP contribution in [0, 0.1) is 0 Å². The highest BCUT2D eigenvalue weighted by atomic mass is 15.4. The number of rotatable bonds is 2. The van der Waals surface area contributed by atoms with Crippen LogP contribution < -0.4 is 0 Å². The molecule has 2 aromatic rings. The summed E-state index contributed by atoms with van der Waals surface area (Å²) in [5, 5.41) is 14.9. The summed E-state index contributed by atoms with van der Waals surface area (Å²) < 4.78 is 0. The van der Waals surface area contributed by atoms with Gasteiger partial charge in [0.15, 0.2) is 0 Å². The number of benzene rings is 2. The summed E-state index contributed by atoms with van der Waals surface area (Å²) in [7, 11) is 0. The van der Waals surface area contributed by atoms with Crippen LogP contribution in [0.3, 0.4) is 0 Å². The molecular weight excluding hydrogens is 246 g/mol. The zero-order valence-corrected chi connectivity index (χ0v) is 10.9. The Kier molecular flexibility index (Phi) is 2.39. The maximum Gasteiger partial charge on any atom is 0.150 e. The van der Waals surface area contributed by atoms with Gasteiger partial charge < -0.3 is 0 Å². The molecule has 0 radical (unpaired) electrons. The van der Waals surface area contributed by atoms with Gasteiger partial charge in [-0.1, -0.05) is 54.6 Å². The minimum Gasteiger partial charge on any atom is -0.151 e. The molecule has 0 N–H and O–H groups in total. The SMILES string of the molecule is C1=CC2=NN=NC2(Cc2cccc3ccccc23)C=C1. The van der Waals surface area contributed by atoms with Gasteiger partial charge in [-0.25, -0.2) is 0 Å². The van der Waals surface area contributed by atoms with Crippen molar-refractivity contribution in [3.05, 3.63) is 72.3 Å². The Morgan fingerprint density at radius 2 is 1.85 bits per heavy atom. The molecule has 0 saturated heterocycles. The van der Waals surface area contributed by atoms with E-state index in [4.69, 9.17) is 0 Å². The molecule has 1 aliphatic heterocycles. The third-order valence-electron chi connectivity index (χ3n) is 3.90. The summed E-state index contributed by atoms with van der Waals surface area (Å²) in [4.78, 5) is 0. The fraction of sp³-hybridized carbons (Fsp3) is 0.118. The van der Waals surface area contributed by atoms with E-state index < -0.39 is 5.54 Å².